The van der Waals surface area contributed by atoms with Crippen molar-refractivity contribution in [3.8, 4) is 0 Å². The molecule has 0 radical (unpaired) electrons. The standard InChI is InChI=1S/C14H27NO/c1-6-12(16)11(15-13(2,3)4)10-14(5)8-7-9-14/h11,15H,6-10H2,1-5H3/t11-/m0/s1. The number of rotatable bonds is 5. The Bertz CT molecular complexity index is 248. The smallest absolute Gasteiger partial charge is 0.149 e. The predicted octanol–water partition coefficient (Wildman–Crippen LogP) is 3.30. The van der Waals surface area contributed by atoms with Crippen molar-refractivity contribution in [1.82, 2.24) is 5.32 Å². The SMILES string of the molecule is CCC(=O)[C@H](CC1(C)CCC1)NC(C)(C)C. The monoisotopic (exact) mass is 225 g/mol. The minimum absolute atomic E-state index is 0.0234. The van der Waals surface area contributed by atoms with Crippen molar-refractivity contribution in [3.05, 3.63) is 0 Å². The van der Waals surface area contributed by atoms with E-state index in [1.54, 1.807) is 0 Å². The molecule has 1 rings (SSSR count). The summed E-state index contributed by atoms with van der Waals surface area (Å²) in [6.45, 7) is 10.7. The second-order valence-corrected chi connectivity index (χ2v) is 6.64. The van der Waals surface area contributed by atoms with Gasteiger partial charge in [-0.15, -0.1) is 0 Å². The second kappa shape index (κ2) is 4.87. The molecule has 2 nitrogen and oxygen atoms in total. The lowest BCUT2D eigenvalue weighted by molar-refractivity contribution is -0.122. The first-order valence-corrected chi connectivity index (χ1v) is 6.56. The Balaban J connectivity index is 2.60. The van der Waals surface area contributed by atoms with E-state index in [-0.39, 0.29) is 11.6 Å². The topological polar surface area (TPSA) is 29.1 Å². The molecule has 1 N–H and O–H groups in total. The van der Waals surface area contributed by atoms with Crippen molar-refractivity contribution in [1.29, 1.82) is 0 Å². The van der Waals surface area contributed by atoms with Crippen LogP contribution in [-0.2, 0) is 4.79 Å². The molecule has 0 aliphatic heterocycles. The number of carbonyl (C=O) groups is 1. The summed E-state index contributed by atoms with van der Waals surface area (Å²) in [4.78, 5) is 11.9. The van der Waals surface area contributed by atoms with E-state index in [2.05, 4.69) is 33.0 Å². The van der Waals surface area contributed by atoms with Crippen LogP contribution in [0.5, 0.6) is 0 Å². The predicted molar refractivity (Wildman–Crippen MR) is 68.5 cm³/mol. The first kappa shape index (κ1) is 13.7. The zero-order chi connectivity index (χ0) is 12.4. The van der Waals surface area contributed by atoms with E-state index >= 15 is 0 Å². The van der Waals surface area contributed by atoms with Crippen LogP contribution in [0.4, 0.5) is 0 Å². The zero-order valence-corrected chi connectivity index (χ0v) is 11.5. The molecule has 0 heterocycles. The fraction of sp³-hybridized carbons (Fsp3) is 0.929. The summed E-state index contributed by atoms with van der Waals surface area (Å²) in [5.74, 6) is 0.364. The molecule has 1 aliphatic carbocycles. The number of Topliss-reactive ketones (excluding diaryl/α,β-unsaturated/α-hetero) is 1. The molecule has 0 unspecified atom stereocenters. The lowest BCUT2D eigenvalue weighted by atomic mass is 9.66. The van der Waals surface area contributed by atoms with Gasteiger partial charge in [0.1, 0.15) is 5.78 Å². The molecule has 0 amide bonds. The van der Waals surface area contributed by atoms with Crippen molar-refractivity contribution in [2.75, 3.05) is 0 Å². The lowest BCUT2D eigenvalue weighted by Crippen LogP contribution is -2.50. The third kappa shape index (κ3) is 3.89. The minimum Gasteiger partial charge on any atom is -0.303 e. The Morgan fingerprint density at radius 1 is 1.38 bits per heavy atom. The van der Waals surface area contributed by atoms with E-state index in [0.717, 1.165) is 6.42 Å². The normalized spacial score (nSPS) is 21.3. The van der Waals surface area contributed by atoms with Crippen molar-refractivity contribution in [2.45, 2.75) is 78.3 Å². The molecule has 1 aliphatic rings. The van der Waals surface area contributed by atoms with Crippen molar-refractivity contribution in [3.63, 3.8) is 0 Å². The molecule has 0 aromatic heterocycles. The van der Waals surface area contributed by atoms with E-state index < -0.39 is 0 Å². The molecule has 94 valence electrons. The molecule has 0 aromatic carbocycles. The van der Waals surface area contributed by atoms with Gasteiger partial charge < -0.3 is 5.32 Å². The molecule has 0 bridgehead atoms. The van der Waals surface area contributed by atoms with Crippen LogP contribution < -0.4 is 5.32 Å². The molecule has 16 heavy (non-hydrogen) atoms. The molecule has 0 spiro atoms. The average Bonchev–Trinajstić information content (AvgIpc) is 2.11. The van der Waals surface area contributed by atoms with Gasteiger partial charge in [-0.3, -0.25) is 4.79 Å². The van der Waals surface area contributed by atoms with Gasteiger partial charge in [0.05, 0.1) is 6.04 Å². The highest BCUT2D eigenvalue weighted by Crippen LogP contribution is 2.44. The quantitative estimate of drug-likeness (QED) is 0.778. The van der Waals surface area contributed by atoms with Crippen molar-refractivity contribution >= 4 is 5.78 Å². The van der Waals surface area contributed by atoms with Gasteiger partial charge in [-0.1, -0.05) is 20.3 Å². The van der Waals surface area contributed by atoms with E-state index in [9.17, 15) is 4.79 Å². The maximum atomic E-state index is 11.9. The number of ketones is 1. The molecule has 1 atom stereocenters. The van der Waals surface area contributed by atoms with E-state index in [1.165, 1.54) is 19.3 Å². The molecular formula is C14H27NO. The van der Waals surface area contributed by atoms with Crippen LogP contribution in [0, 0.1) is 5.41 Å². The molecule has 2 heteroatoms. The van der Waals surface area contributed by atoms with Crippen LogP contribution in [-0.4, -0.2) is 17.4 Å². The summed E-state index contributed by atoms with van der Waals surface area (Å²) in [7, 11) is 0. The number of carbonyl (C=O) groups excluding carboxylic acids is 1. The lowest BCUT2D eigenvalue weighted by Gasteiger charge is -2.42. The van der Waals surface area contributed by atoms with E-state index in [4.69, 9.17) is 0 Å². The highest BCUT2D eigenvalue weighted by molar-refractivity contribution is 5.83. The fourth-order valence-electron chi connectivity index (χ4n) is 2.49. The maximum absolute atomic E-state index is 11.9. The maximum Gasteiger partial charge on any atom is 0.149 e. The average molecular weight is 225 g/mol. The van der Waals surface area contributed by atoms with Crippen molar-refractivity contribution < 1.29 is 4.79 Å². The fourth-order valence-corrected chi connectivity index (χ4v) is 2.49. The van der Waals surface area contributed by atoms with Gasteiger partial charge in [-0.2, -0.15) is 0 Å². The van der Waals surface area contributed by atoms with Gasteiger partial charge in [-0.05, 0) is 45.4 Å². The Kier molecular flexibility index (Phi) is 4.17. The second-order valence-electron chi connectivity index (χ2n) is 6.64. The van der Waals surface area contributed by atoms with Crippen molar-refractivity contribution in [2.24, 2.45) is 5.41 Å². The van der Waals surface area contributed by atoms with Gasteiger partial charge in [0.25, 0.3) is 0 Å². The minimum atomic E-state index is 0.0234. The Morgan fingerprint density at radius 2 is 1.94 bits per heavy atom. The van der Waals surface area contributed by atoms with Crippen LogP contribution in [0.3, 0.4) is 0 Å². The summed E-state index contributed by atoms with van der Waals surface area (Å²) in [6.07, 6.45) is 5.55. The zero-order valence-electron chi connectivity index (χ0n) is 11.5. The highest BCUT2D eigenvalue weighted by Gasteiger charge is 2.36. The van der Waals surface area contributed by atoms with Crippen LogP contribution in [0.25, 0.3) is 0 Å². The number of nitrogens with one attached hydrogen (secondary N) is 1. The van der Waals surface area contributed by atoms with E-state index in [1.807, 2.05) is 6.92 Å². The van der Waals surface area contributed by atoms with Gasteiger partial charge in [0, 0.05) is 12.0 Å². The Hall–Kier alpha value is -0.370. The first-order chi connectivity index (χ1) is 7.26. The summed E-state index contributed by atoms with van der Waals surface area (Å²) in [6, 6.07) is 0.0512. The third-order valence-electron chi connectivity index (χ3n) is 3.60. The van der Waals surface area contributed by atoms with Crippen LogP contribution in [0.2, 0.25) is 0 Å². The third-order valence-corrected chi connectivity index (χ3v) is 3.60. The largest absolute Gasteiger partial charge is 0.303 e. The molecule has 1 saturated carbocycles. The van der Waals surface area contributed by atoms with Crippen LogP contribution >= 0.6 is 0 Å². The Labute approximate surface area is 100 Å². The molecule has 0 saturated heterocycles. The number of hydrogen-bond donors (Lipinski definition) is 1. The van der Waals surface area contributed by atoms with Crippen LogP contribution in [0.15, 0.2) is 0 Å². The highest BCUT2D eigenvalue weighted by atomic mass is 16.1. The number of hydrogen-bond acceptors (Lipinski definition) is 2. The summed E-state index contributed by atoms with van der Waals surface area (Å²) in [5, 5.41) is 3.48. The van der Waals surface area contributed by atoms with E-state index in [0.29, 0.717) is 17.6 Å². The molecular weight excluding hydrogens is 198 g/mol. The van der Waals surface area contributed by atoms with Gasteiger partial charge in [0.2, 0.25) is 0 Å². The summed E-state index contributed by atoms with van der Waals surface area (Å²) in [5.41, 5.74) is 0.434. The summed E-state index contributed by atoms with van der Waals surface area (Å²) >= 11 is 0. The van der Waals surface area contributed by atoms with Crippen LogP contribution in [0.1, 0.15) is 66.7 Å². The molecule has 1 fully saturated rings. The molecule has 0 aromatic rings. The summed E-state index contributed by atoms with van der Waals surface area (Å²) < 4.78 is 0. The first-order valence-electron chi connectivity index (χ1n) is 6.56. The van der Waals surface area contributed by atoms with Gasteiger partial charge in [0.15, 0.2) is 0 Å². The Morgan fingerprint density at radius 3 is 2.25 bits per heavy atom. The van der Waals surface area contributed by atoms with Gasteiger partial charge in [-0.25, -0.2) is 0 Å². The van der Waals surface area contributed by atoms with Gasteiger partial charge >= 0.3 is 0 Å².